The summed E-state index contributed by atoms with van der Waals surface area (Å²) in [4.78, 5) is 25.3. The van der Waals surface area contributed by atoms with Gasteiger partial charge in [-0.1, -0.05) is 19.1 Å². The van der Waals surface area contributed by atoms with Crippen LogP contribution in [0.4, 0.5) is 0 Å². The standard InChI is InChI=1S/C10H14N2O2S/c1-2-5(3-8(11)15)12-9(13)6-4-7(6)10(12)14/h5-7H,2-4H2,1H3,(H2,11,15). The van der Waals surface area contributed by atoms with Gasteiger partial charge < -0.3 is 5.73 Å². The van der Waals surface area contributed by atoms with Crippen LogP contribution in [0, 0.1) is 11.8 Å². The summed E-state index contributed by atoms with van der Waals surface area (Å²) in [6.07, 6.45) is 1.91. The number of piperidine rings is 1. The maximum atomic E-state index is 11.8. The molecule has 5 heteroatoms. The Morgan fingerprint density at radius 3 is 2.47 bits per heavy atom. The first kappa shape index (κ1) is 10.5. The van der Waals surface area contributed by atoms with Crippen molar-refractivity contribution in [3.05, 3.63) is 0 Å². The lowest BCUT2D eigenvalue weighted by Crippen LogP contribution is -2.43. The zero-order valence-electron chi connectivity index (χ0n) is 8.60. The number of carbonyl (C=O) groups excluding carboxylic acids is 2. The first-order valence-corrected chi connectivity index (χ1v) is 5.62. The fourth-order valence-electron chi connectivity index (χ4n) is 2.22. The molecule has 1 aliphatic heterocycles. The largest absolute Gasteiger partial charge is 0.393 e. The molecule has 3 atom stereocenters. The van der Waals surface area contributed by atoms with Crippen LogP contribution in [0.25, 0.3) is 0 Å². The van der Waals surface area contributed by atoms with Gasteiger partial charge in [-0.2, -0.15) is 0 Å². The van der Waals surface area contributed by atoms with Gasteiger partial charge in [-0.25, -0.2) is 0 Å². The smallest absolute Gasteiger partial charge is 0.233 e. The normalized spacial score (nSPS) is 30.3. The predicted octanol–water partition coefficient (Wildman–Crippen LogP) is 0.446. The van der Waals surface area contributed by atoms with Crippen LogP contribution in [0.1, 0.15) is 26.2 Å². The first-order valence-electron chi connectivity index (χ1n) is 5.21. The van der Waals surface area contributed by atoms with Gasteiger partial charge in [-0.3, -0.25) is 14.5 Å². The zero-order chi connectivity index (χ0) is 11.2. The van der Waals surface area contributed by atoms with Gasteiger partial charge in [0.1, 0.15) is 0 Å². The Bertz CT molecular complexity index is 322. The molecule has 0 bridgehead atoms. The molecule has 2 rings (SSSR count). The highest BCUT2D eigenvalue weighted by Gasteiger charge is 2.59. The molecule has 1 aliphatic carbocycles. The van der Waals surface area contributed by atoms with E-state index in [0.29, 0.717) is 17.8 Å². The van der Waals surface area contributed by atoms with Crippen molar-refractivity contribution in [3.8, 4) is 0 Å². The Morgan fingerprint density at radius 2 is 2.07 bits per heavy atom. The van der Waals surface area contributed by atoms with E-state index < -0.39 is 0 Å². The van der Waals surface area contributed by atoms with Crippen LogP contribution in [-0.4, -0.2) is 27.7 Å². The molecule has 1 saturated carbocycles. The summed E-state index contributed by atoms with van der Waals surface area (Å²) in [5, 5.41) is 0. The molecule has 0 spiro atoms. The zero-order valence-corrected chi connectivity index (χ0v) is 9.42. The van der Waals surface area contributed by atoms with Crippen LogP contribution in [0.3, 0.4) is 0 Å². The van der Waals surface area contributed by atoms with Gasteiger partial charge in [0.25, 0.3) is 0 Å². The molecule has 2 aliphatic rings. The van der Waals surface area contributed by atoms with Crippen LogP contribution in [-0.2, 0) is 9.59 Å². The molecule has 0 radical (unpaired) electrons. The molecular weight excluding hydrogens is 212 g/mol. The molecule has 0 aromatic carbocycles. The quantitative estimate of drug-likeness (QED) is 0.558. The third-order valence-corrected chi connectivity index (χ3v) is 3.34. The van der Waals surface area contributed by atoms with Crippen LogP contribution >= 0.6 is 12.2 Å². The van der Waals surface area contributed by atoms with Crippen molar-refractivity contribution in [3.63, 3.8) is 0 Å². The predicted molar refractivity (Wildman–Crippen MR) is 58.9 cm³/mol. The highest BCUT2D eigenvalue weighted by Crippen LogP contribution is 2.48. The highest BCUT2D eigenvalue weighted by atomic mass is 32.1. The molecule has 2 N–H and O–H groups in total. The summed E-state index contributed by atoms with van der Waals surface area (Å²) in [6, 6.07) is -0.129. The monoisotopic (exact) mass is 226 g/mol. The Kier molecular flexibility index (Phi) is 2.50. The van der Waals surface area contributed by atoms with E-state index in [-0.39, 0.29) is 29.7 Å². The number of hydrogen-bond acceptors (Lipinski definition) is 3. The van der Waals surface area contributed by atoms with Gasteiger partial charge in [-0.15, -0.1) is 0 Å². The second kappa shape index (κ2) is 3.56. The molecule has 15 heavy (non-hydrogen) atoms. The maximum Gasteiger partial charge on any atom is 0.233 e. The summed E-state index contributed by atoms with van der Waals surface area (Å²) >= 11 is 4.82. The van der Waals surface area contributed by atoms with Gasteiger partial charge in [0.2, 0.25) is 11.8 Å². The Balaban J connectivity index is 2.11. The van der Waals surface area contributed by atoms with Gasteiger partial charge >= 0.3 is 0 Å². The number of rotatable bonds is 4. The van der Waals surface area contributed by atoms with Crippen LogP contribution in [0.2, 0.25) is 0 Å². The topological polar surface area (TPSA) is 63.4 Å². The third kappa shape index (κ3) is 1.65. The van der Waals surface area contributed by atoms with Crippen molar-refractivity contribution >= 4 is 29.0 Å². The molecule has 1 heterocycles. The summed E-state index contributed by atoms with van der Waals surface area (Å²) < 4.78 is 0. The number of nitrogens with two attached hydrogens (primary N) is 1. The van der Waals surface area contributed by atoms with Gasteiger partial charge in [-0.05, 0) is 12.8 Å². The molecule has 0 aromatic heterocycles. The molecule has 0 aromatic rings. The van der Waals surface area contributed by atoms with Crippen molar-refractivity contribution in [1.82, 2.24) is 4.90 Å². The molecule has 82 valence electrons. The van der Waals surface area contributed by atoms with E-state index in [2.05, 4.69) is 0 Å². The fourth-order valence-corrected chi connectivity index (χ4v) is 2.41. The minimum absolute atomic E-state index is 0.0203. The maximum absolute atomic E-state index is 11.8. The fraction of sp³-hybridized carbons (Fsp3) is 0.700. The van der Waals surface area contributed by atoms with E-state index in [4.69, 9.17) is 18.0 Å². The van der Waals surface area contributed by atoms with Crippen LogP contribution in [0.15, 0.2) is 0 Å². The highest BCUT2D eigenvalue weighted by molar-refractivity contribution is 7.80. The van der Waals surface area contributed by atoms with Crippen LogP contribution < -0.4 is 5.73 Å². The second-order valence-corrected chi connectivity index (χ2v) is 4.75. The average Bonchev–Trinajstić information content (AvgIpc) is 2.90. The number of likely N-dealkylation sites (tertiary alicyclic amines) is 1. The third-order valence-electron chi connectivity index (χ3n) is 3.17. The molecule has 2 fully saturated rings. The SMILES string of the molecule is CCC(CC(N)=S)N1C(=O)C2CC2C1=O. The minimum Gasteiger partial charge on any atom is -0.393 e. The van der Waals surface area contributed by atoms with Crippen molar-refractivity contribution < 1.29 is 9.59 Å². The van der Waals surface area contributed by atoms with Crippen molar-refractivity contribution in [2.45, 2.75) is 32.2 Å². The number of hydrogen-bond donors (Lipinski definition) is 1. The summed E-state index contributed by atoms with van der Waals surface area (Å²) in [7, 11) is 0. The van der Waals surface area contributed by atoms with Crippen LogP contribution in [0.5, 0.6) is 0 Å². The second-order valence-electron chi connectivity index (χ2n) is 4.23. The molecule has 2 amide bonds. The van der Waals surface area contributed by atoms with Gasteiger partial charge in [0.15, 0.2) is 0 Å². The summed E-state index contributed by atoms with van der Waals surface area (Å²) in [5.41, 5.74) is 5.46. The molecule has 1 saturated heterocycles. The lowest BCUT2D eigenvalue weighted by molar-refractivity contribution is -0.144. The van der Waals surface area contributed by atoms with E-state index in [9.17, 15) is 9.59 Å². The number of thiocarbonyl (C=S) groups is 1. The van der Waals surface area contributed by atoms with E-state index >= 15 is 0 Å². The lowest BCUT2D eigenvalue weighted by Gasteiger charge is -2.26. The minimum atomic E-state index is -0.129. The Hall–Kier alpha value is -0.970. The average molecular weight is 226 g/mol. The van der Waals surface area contributed by atoms with Gasteiger partial charge in [0.05, 0.1) is 16.8 Å². The van der Waals surface area contributed by atoms with Crippen molar-refractivity contribution in [2.24, 2.45) is 17.6 Å². The van der Waals surface area contributed by atoms with Crippen molar-refractivity contribution in [1.29, 1.82) is 0 Å². The number of carbonyl (C=O) groups is 2. The van der Waals surface area contributed by atoms with Crippen molar-refractivity contribution in [2.75, 3.05) is 0 Å². The number of fused-ring (bicyclic) bond motifs is 1. The van der Waals surface area contributed by atoms with E-state index in [0.717, 1.165) is 6.42 Å². The number of amides is 2. The van der Waals surface area contributed by atoms with E-state index in [1.807, 2.05) is 6.92 Å². The molecule has 3 unspecified atom stereocenters. The first-order chi connectivity index (χ1) is 7.06. The Labute approximate surface area is 93.8 Å². The van der Waals surface area contributed by atoms with E-state index in [1.165, 1.54) is 4.90 Å². The van der Waals surface area contributed by atoms with E-state index in [1.54, 1.807) is 0 Å². The molecular formula is C10H14N2O2S. The summed E-state index contributed by atoms with van der Waals surface area (Å²) in [5.74, 6) is -0.100. The van der Waals surface area contributed by atoms with Gasteiger partial charge in [0, 0.05) is 12.5 Å². The summed E-state index contributed by atoms with van der Waals surface area (Å²) in [6.45, 7) is 1.94. The number of imide groups is 1. The molecule has 4 nitrogen and oxygen atoms in total. The lowest BCUT2D eigenvalue weighted by atomic mass is 10.1. The Morgan fingerprint density at radius 1 is 1.53 bits per heavy atom. The number of nitrogens with zero attached hydrogens (tertiary/aromatic N) is 1.